The Morgan fingerprint density at radius 3 is 3.24 bits per heavy atom. The van der Waals surface area contributed by atoms with Crippen molar-refractivity contribution in [2.24, 2.45) is 0 Å². The van der Waals surface area contributed by atoms with Gasteiger partial charge in [-0.1, -0.05) is 5.92 Å². The quantitative estimate of drug-likeness (QED) is 0.661. The Balaban J connectivity index is 2.25. The Bertz CT molecular complexity index is 700. The van der Waals surface area contributed by atoms with Crippen molar-refractivity contribution >= 4 is 11.3 Å². The smallest absolute Gasteiger partial charge is 0.291 e. The molecule has 0 spiro atoms. The molecule has 3 rings (SSSR count). The van der Waals surface area contributed by atoms with Gasteiger partial charge in [0.25, 0.3) is 0 Å². The zero-order valence-corrected chi connectivity index (χ0v) is 10.2. The standard InChI is InChI=1S/C13H10N2OS/c1-2-3-10-8-9-5-7-15-11(12(9)17-10)4-6-14-13(15)16/h4,6,8H,5,7H2,1H3. The first kappa shape index (κ1) is 10.3. The average molecular weight is 242 g/mol. The van der Waals surface area contributed by atoms with Crippen LogP contribution in [0.5, 0.6) is 0 Å². The summed E-state index contributed by atoms with van der Waals surface area (Å²) >= 11 is 1.65. The van der Waals surface area contributed by atoms with E-state index in [-0.39, 0.29) is 5.69 Å². The highest BCUT2D eigenvalue weighted by Crippen LogP contribution is 2.35. The SMILES string of the molecule is CC#Cc1cc2c(s1)-c1ccnc(=O)n1CC2. The molecular weight excluding hydrogens is 232 g/mol. The van der Waals surface area contributed by atoms with Crippen LogP contribution in [0.15, 0.2) is 23.1 Å². The molecule has 0 N–H and O–H groups in total. The second-order valence-electron chi connectivity index (χ2n) is 3.85. The van der Waals surface area contributed by atoms with Gasteiger partial charge in [-0.05, 0) is 31.0 Å². The van der Waals surface area contributed by atoms with E-state index in [1.165, 1.54) is 5.56 Å². The molecule has 0 fully saturated rings. The highest BCUT2D eigenvalue weighted by molar-refractivity contribution is 7.16. The maximum absolute atomic E-state index is 11.6. The summed E-state index contributed by atoms with van der Waals surface area (Å²) in [6.45, 7) is 2.55. The van der Waals surface area contributed by atoms with Crippen LogP contribution >= 0.6 is 11.3 Å². The van der Waals surface area contributed by atoms with Gasteiger partial charge >= 0.3 is 5.69 Å². The van der Waals surface area contributed by atoms with Crippen LogP contribution in [0, 0.1) is 11.8 Å². The van der Waals surface area contributed by atoms with Crippen molar-refractivity contribution in [1.82, 2.24) is 9.55 Å². The maximum Gasteiger partial charge on any atom is 0.348 e. The third-order valence-electron chi connectivity index (χ3n) is 2.83. The Hall–Kier alpha value is -1.86. The molecule has 0 atom stereocenters. The fourth-order valence-electron chi connectivity index (χ4n) is 2.10. The molecule has 1 aliphatic rings. The summed E-state index contributed by atoms with van der Waals surface area (Å²) in [5.74, 6) is 5.98. The van der Waals surface area contributed by atoms with Gasteiger partial charge in [0.15, 0.2) is 0 Å². The molecule has 17 heavy (non-hydrogen) atoms. The van der Waals surface area contributed by atoms with E-state index in [1.54, 1.807) is 22.1 Å². The van der Waals surface area contributed by atoms with Gasteiger partial charge < -0.3 is 0 Å². The van der Waals surface area contributed by atoms with Crippen molar-refractivity contribution in [2.45, 2.75) is 19.9 Å². The zero-order valence-electron chi connectivity index (χ0n) is 9.36. The lowest BCUT2D eigenvalue weighted by atomic mass is 10.1. The Labute approximate surface area is 103 Å². The predicted molar refractivity (Wildman–Crippen MR) is 68.1 cm³/mol. The lowest BCUT2D eigenvalue weighted by molar-refractivity contribution is 0.643. The molecular formula is C13H10N2OS. The van der Waals surface area contributed by atoms with Gasteiger partial charge in [-0.2, -0.15) is 0 Å². The summed E-state index contributed by atoms with van der Waals surface area (Å²) in [5.41, 5.74) is 2.10. The molecule has 0 saturated carbocycles. The maximum atomic E-state index is 11.6. The van der Waals surface area contributed by atoms with E-state index in [9.17, 15) is 4.79 Å². The molecule has 2 aromatic heterocycles. The minimum absolute atomic E-state index is 0.162. The lowest BCUT2D eigenvalue weighted by Crippen LogP contribution is -2.26. The predicted octanol–water partition coefficient (Wildman–Crippen LogP) is 1.90. The Morgan fingerprint density at radius 1 is 1.53 bits per heavy atom. The van der Waals surface area contributed by atoms with Gasteiger partial charge in [-0.25, -0.2) is 9.78 Å². The normalized spacial score (nSPS) is 12.3. The van der Waals surface area contributed by atoms with Crippen LogP contribution in [0.2, 0.25) is 0 Å². The van der Waals surface area contributed by atoms with Gasteiger partial charge in [0.2, 0.25) is 0 Å². The first-order valence-electron chi connectivity index (χ1n) is 5.41. The summed E-state index contributed by atoms with van der Waals surface area (Å²) in [5, 5.41) is 0. The topological polar surface area (TPSA) is 34.9 Å². The van der Waals surface area contributed by atoms with Crippen molar-refractivity contribution in [3.63, 3.8) is 0 Å². The molecule has 1 aliphatic heterocycles. The number of thiophene rings is 1. The largest absolute Gasteiger partial charge is 0.348 e. The van der Waals surface area contributed by atoms with Gasteiger partial charge in [0.1, 0.15) is 0 Å². The Kier molecular flexibility index (Phi) is 2.34. The second kappa shape index (κ2) is 3.86. The number of nitrogens with zero attached hydrogens (tertiary/aromatic N) is 2. The van der Waals surface area contributed by atoms with E-state index in [2.05, 4.69) is 22.9 Å². The minimum Gasteiger partial charge on any atom is -0.291 e. The molecule has 2 aromatic rings. The number of aromatic nitrogens is 2. The number of hydrogen-bond donors (Lipinski definition) is 0. The number of hydrogen-bond acceptors (Lipinski definition) is 3. The first-order chi connectivity index (χ1) is 8.29. The highest BCUT2D eigenvalue weighted by atomic mass is 32.1. The van der Waals surface area contributed by atoms with E-state index < -0.39 is 0 Å². The number of fused-ring (bicyclic) bond motifs is 3. The van der Waals surface area contributed by atoms with Gasteiger partial charge in [0, 0.05) is 12.7 Å². The molecule has 0 unspecified atom stereocenters. The van der Waals surface area contributed by atoms with E-state index in [4.69, 9.17) is 0 Å². The van der Waals surface area contributed by atoms with Crippen molar-refractivity contribution in [2.75, 3.05) is 0 Å². The van der Waals surface area contributed by atoms with Crippen LogP contribution in [0.4, 0.5) is 0 Å². The number of aryl methyl sites for hydroxylation is 1. The molecule has 84 valence electrons. The molecule has 0 aliphatic carbocycles. The zero-order chi connectivity index (χ0) is 11.8. The van der Waals surface area contributed by atoms with Crippen LogP contribution in [0.3, 0.4) is 0 Å². The average Bonchev–Trinajstić information content (AvgIpc) is 2.73. The van der Waals surface area contributed by atoms with Gasteiger partial charge in [-0.15, -0.1) is 17.3 Å². The fraction of sp³-hybridized carbons (Fsp3) is 0.231. The molecule has 3 nitrogen and oxygen atoms in total. The van der Waals surface area contributed by atoms with Crippen LogP contribution in [0.1, 0.15) is 17.4 Å². The van der Waals surface area contributed by atoms with Crippen LogP contribution in [-0.4, -0.2) is 9.55 Å². The summed E-state index contributed by atoms with van der Waals surface area (Å²) in [6.07, 6.45) is 2.46. The molecule has 0 aromatic carbocycles. The highest BCUT2D eigenvalue weighted by Gasteiger charge is 2.19. The van der Waals surface area contributed by atoms with Crippen LogP contribution in [-0.2, 0) is 13.0 Å². The van der Waals surface area contributed by atoms with Crippen molar-refractivity contribution in [3.05, 3.63) is 39.3 Å². The van der Waals surface area contributed by atoms with Crippen molar-refractivity contribution in [3.8, 4) is 22.4 Å². The van der Waals surface area contributed by atoms with Crippen LogP contribution in [0.25, 0.3) is 10.6 Å². The van der Waals surface area contributed by atoms with Gasteiger partial charge in [-0.3, -0.25) is 4.57 Å². The summed E-state index contributed by atoms with van der Waals surface area (Å²) in [6, 6.07) is 4.03. The minimum atomic E-state index is -0.162. The number of rotatable bonds is 0. The van der Waals surface area contributed by atoms with Crippen LogP contribution < -0.4 is 5.69 Å². The van der Waals surface area contributed by atoms with Gasteiger partial charge in [0.05, 0.1) is 15.4 Å². The van der Waals surface area contributed by atoms with Crippen molar-refractivity contribution < 1.29 is 0 Å². The first-order valence-corrected chi connectivity index (χ1v) is 6.23. The molecule has 4 heteroatoms. The summed E-state index contributed by atoms with van der Waals surface area (Å²) in [4.78, 5) is 17.7. The monoisotopic (exact) mass is 242 g/mol. The third kappa shape index (κ3) is 1.60. The lowest BCUT2D eigenvalue weighted by Gasteiger charge is -2.16. The Morgan fingerprint density at radius 2 is 2.41 bits per heavy atom. The van der Waals surface area contributed by atoms with E-state index >= 15 is 0 Å². The van der Waals surface area contributed by atoms with E-state index in [0.717, 1.165) is 21.9 Å². The molecule has 0 amide bonds. The van der Waals surface area contributed by atoms with E-state index in [0.29, 0.717) is 6.54 Å². The summed E-state index contributed by atoms with van der Waals surface area (Å²) in [7, 11) is 0. The second-order valence-corrected chi connectivity index (χ2v) is 4.91. The fourth-order valence-corrected chi connectivity index (χ4v) is 3.25. The van der Waals surface area contributed by atoms with E-state index in [1.807, 2.05) is 13.0 Å². The van der Waals surface area contributed by atoms with Crippen molar-refractivity contribution in [1.29, 1.82) is 0 Å². The molecule has 0 bridgehead atoms. The molecule has 0 radical (unpaired) electrons. The summed E-state index contributed by atoms with van der Waals surface area (Å²) < 4.78 is 1.74. The molecule has 3 heterocycles. The molecule has 0 saturated heterocycles. The third-order valence-corrected chi connectivity index (χ3v) is 3.95.